The van der Waals surface area contributed by atoms with Crippen molar-refractivity contribution in [1.82, 2.24) is 5.32 Å². The molecule has 2 amide bonds. The normalized spacial score (nSPS) is 23.1. The molecule has 1 aliphatic heterocycles. The molecule has 0 aromatic heterocycles. The molecular weight excluding hydrogens is 338 g/mol. The molecular formula is C22H33N3O2. The van der Waals surface area contributed by atoms with Crippen LogP contribution in [0.15, 0.2) is 24.3 Å². The van der Waals surface area contributed by atoms with Gasteiger partial charge in [0, 0.05) is 42.3 Å². The van der Waals surface area contributed by atoms with Crippen LogP contribution in [0.4, 0.5) is 11.4 Å². The van der Waals surface area contributed by atoms with Gasteiger partial charge in [-0.15, -0.1) is 0 Å². The average molecular weight is 372 g/mol. The molecule has 0 unspecified atom stereocenters. The number of amides is 2. The van der Waals surface area contributed by atoms with Crippen molar-refractivity contribution in [3.05, 3.63) is 24.3 Å². The van der Waals surface area contributed by atoms with Gasteiger partial charge in [-0.1, -0.05) is 0 Å². The number of carbonyl (C=O) groups excluding carboxylic acids is 2. The van der Waals surface area contributed by atoms with Gasteiger partial charge in [-0.2, -0.15) is 0 Å². The Hall–Kier alpha value is -2.04. The van der Waals surface area contributed by atoms with Crippen LogP contribution in [0.2, 0.25) is 0 Å². The topological polar surface area (TPSA) is 61.4 Å². The SMILES string of the molecule is CC(C)NC(=O)C1CCC(C(=O)Nc2ccc(N3CCCCC3)cc2)CC1. The molecule has 1 aliphatic carbocycles. The third kappa shape index (κ3) is 5.47. The standard InChI is InChI=1S/C22H33N3O2/c1-16(2)23-21(26)17-6-8-18(9-7-17)22(27)24-19-10-12-20(13-11-19)25-14-4-3-5-15-25/h10-13,16-18H,3-9,14-15H2,1-2H3,(H,23,26)(H,24,27). The Morgan fingerprint density at radius 2 is 1.44 bits per heavy atom. The van der Waals surface area contributed by atoms with E-state index in [2.05, 4.69) is 27.7 Å². The van der Waals surface area contributed by atoms with Crippen LogP contribution in [-0.2, 0) is 9.59 Å². The molecule has 0 bridgehead atoms. The maximum atomic E-state index is 12.6. The van der Waals surface area contributed by atoms with Crippen molar-refractivity contribution in [3.63, 3.8) is 0 Å². The molecule has 1 heterocycles. The molecule has 2 aliphatic rings. The molecule has 5 heteroatoms. The van der Waals surface area contributed by atoms with E-state index in [4.69, 9.17) is 0 Å². The molecule has 3 rings (SSSR count). The molecule has 2 N–H and O–H groups in total. The summed E-state index contributed by atoms with van der Waals surface area (Å²) in [5.74, 6) is 0.288. The Labute approximate surface area is 162 Å². The highest BCUT2D eigenvalue weighted by molar-refractivity contribution is 5.93. The van der Waals surface area contributed by atoms with Crippen molar-refractivity contribution in [1.29, 1.82) is 0 Å². The second kappa shape index (κ2) is 9.25. The lowest BCUT2D eigenvalue weighted by Gasteiger charge is -2.29. The fourth-order valence-corrected chi connectivity index (χ4v) is 4.17. The van der Waals surface area contributed by atoms with Gasteiger partial charge in [0.1, 0.15) is 0 Å². The summed E-state index contributed by atoms with van der Waals surface area (Å²) >= 11 is 0. The Kier molecular flexibility index (Phi) is 6.75. The third-order valence-corrected chi connectivity index (χ3v) is 5.76. The van der Waals surface area contributed by atoms with E-state index in [-0.39, 0.29) is 29.7 Å². The first-order valence-corrected chi connectivity index (χ1v) is 10.5. The minimum absolute atomic E-state index is 0.00914. The van der Waals surface area contributed by atoms with Crippen LogP contribution in [-0.4, -0.2) is 30.9 Å². The van der Waals surface area contributed by atoms with Crippen molar-refractivity contribution < 1.29 is 9.59 Å². The van der Waals surface area contributed by atoms with Crippen molar-refractivity contribution in [3.8, 4) is 0 Å². The van der Waals surface area contributed by atoms with Crippen LogP contribution in [0, 0.1) is 11.8 Å². The highest BCUT2D eigenvalue weighted by Crippen LogP contribution is 2.30. The Balaban J connectivity index is 1.47. The first kappa shape index (κ1) is 19.7. The van der Waals surface area contributed by atoms with Crippen LogP contribution in [0.5, 0.6) is 0 Å². The van der Waals surface area contributed by atoms with Crippen molar-refractivity contribution in [2.75, 3.05) is 23.3 Å². The molecule has 27 heavy (non-hydrogen) atoms. The van der Waals surface area contributed by atoms with E-state index in [1.807, 2.05) is 26.0 Å². The summed E-state index contributed by atoms with van der Waals surface area (Å²) in [6, 6.07) is 8.39. The highest BCUT2D eigenvalue weighted by Gasteiger charge is 2.30. The molecule has 1 saturated carbocycles. The molecule has 0 spiro atoms. The summed E-state index contributed by atoms with van der Waals surface area (Å²) in [5.41, 5.74) is 2.10. The fraction of sp³-hybridized carbons (Fsp3) is 0.636. The number of nitrogens with zero attached hydrogens (tertiary/aromatic N) is 1. The van der Waals surface area contributed by atoms with Crippen LogP contribution in [0.1, 0.15) is 58.8 Å². The quantitative estimate of drug-likeness (QED) is 0.824. The van der Waals surface area contributed by atoms with E-state index in [9.17, 15) is 9.59 Å². The van der Waals surface area contributed by atoms with Gasteiger partial charge in [0.15, 0.2) is 0 Å². The molecule has 0 radical (unpaired) electrons. The van der Waals surface area contributed by atoms with E-state index in [1.165, 1.54) is 24.9 Å². The minimum Gasteiger partial charge on any atom is -0.372 e. The van der Waals surface area contributed by atoms with Crippen LogP contribution in [0.25, 0.3) is 0 Å². The van der Waals surface area contributed by atoms with Crippen molar-refractivity contribution >= 4 is 23.2 Å². The smallest absolute Gasteiger partial charge is 0.227 e. The molecule has 0 atom stereocenters. The molecule has 1 aromatic carbocycles. The number of hydrogen-bond acceptors (Lipinski definition) is 3. The fourth-order valence-electron chi connectivity index (χ4n) is 4.17. The Bertz CT molecular complexity index is 627. The largest absolute Gasteiger partial charge is 0.372 e. The third-order valence-electron chi connectivity index (χ3n) is 5.76. The van der Waals surface area contributed by atoms with Gasteiger partial charge in [-0.25, -0.2) is 0 Å². The van der Waals surface area contributed by atoms with E-state index in [0.717, 1.165) is 44.5 Å². The Morgan fingerprint density at radius 3 is 2.00 bits per heavy atom. The lowest BCUT2D eigenvalue weighted by Crippen LogP contribution is -2.38. The summed E-state index contributed by atoms with van der Waals surface area (Å²) in [4.78, 5) is 27.1. The maximum absolute atomic E-state index is 12.6. The number of hydrogen-bond donors (Lipinski definition) is 2. The molecule has 1 saturated heterocycles. The van der Waals surface area contributed by atoms with Gasteiger partial charge in [0.05, 0.1) is 0 Å². The second-order valence-corrected chi connectivity index (χ2v) is 8.30. The number of anilines is 2. The first-order chi connectivity index (χ1) is 13.0. The van der Waals surface area contributed by atoms with Crippen LogP contribution >= 0.6 is 0 Å². The van der Waals surface area contributed by atoms with E-state index in [0.29, 0.717) is 0 Å². The second-order valence-electron chi connectivity index (χ2n) is 8.30. The monoisotopic (exact) mass is 371 g/mol. The predicted octanol–water partition coefficient (Wildman–Crippen LogP) is 3.95. The average Bonchev–Trinajstić information content (AvgIpc) is 2.69. The number of rotatable bonds is 5. The first-order valence-electron chi connectivity index (χ1n) is 10.5. The minimum atomic E-state index is 0.00914. The molecule has 5 nitrogen and oxygen atoms in total. The molecule has 1 aromatic rings. The highest BCUT2D eigenvalue weighted by atomic mass is 16.2. The van der Waals surface area contributed by atoms with Gasteiger partial charge >= 0.3 is 0 Å². The summed E-state index contributed by atoms with van der Waals surface area (Å²) in [6.07, 6.45) is 7.01. The molecule has 148 valence electrons. The number of benzene rings is 1. The van der Waals surface area contributed by atoms with E-state index < -0.39 is 0 Å². The van der Waals surface area contributed by atoms with Gasteiger partial charge < -0.3 is 15.5 Å². The van der Waals surface area contributed by atoms with E-state index in [1.54, 1.807) is 0 Å². The number of carbonyl (C=O) groups is 2. The summed E-state index contributed by atoms with van der Waals surface area (Å²) in [6.45, 7) is 6.21. The summed E-state index contributed by atoms with van der Waals surface area (Å²) in [7, 11) is 0. The number of piperidine rings is 1. The van der Waals surface area contributed by atoms with Crippen LogP contribution in [0.3, 0.4) is 0 Å². The van der Waals surface area contributed by atoms with Gasteiger partial charge in [-0.05, 0) is 83.1 Å². The zero-order valence-corrected chi connectivity index (χ0v) is 16.7. The van der Waals surface area contributed by atoms with Gasteiger partial charge in [-0.3, -0.25) is 9.59 Å². The van der Waals surface area contributed by atoms with Gasteiger partial charge in [0.2, 0.25) is 11.8 Å². The molecule has 2 fully saturated rings. The van der Waals surface area contributed by atoms with Gasteiger partial charge in [0.25, 0.3) is 0 Å². The summed E-state index contributed by atoms with van der Waals surface area (Å²) in [5, 5.41) is 6.05. The lowest BCUT2D eigenvalue weighted by atomic mass is 9.81. The Morgan fingerprint density at radius 1 is 0.889 bits per heavy atom. The van der Waals surface area contributed by atoms with Crippen LogP contribution < -0.4 is 15.5 Å². The van der Waals surface area contributed by atoms with Crippen molar-refractivity contribution in [2.24, 2.45) is 11.8 Å². The maximum Gasteiger partial charge on any atom is 0.227 e. The zero-order valence-electron chi connectivity index (χ0n) is 16.7. The van der Waals surface area contributed by atoms with E-state index >= 15 is 0 Å². The lowest BCUT2D eigenvalue weighted by molar-refractivity contribution is -0.128. The zero-order chi connectivity index (χ0) is 19.2. The van der Waals surface area contributed by atoms with Crippen molar-refractivity contribution in [2.45, 2.75) is 64.8 Å². The summed E-state index contributed by atoms with van der Waals surface area (Å²) < 4.78 is 0. The predicted molar refractivity (Wildman–Crippen MR) is 110 cm³/mol. The number of nitrogens with one attached hydrogen (secondary N) is 2.